The van der Waals surface area contributed by atoms with Gasteiger partial charge in [0, 0.05) is 6.54 Å². The monoisotopic (exact) mass is 373 g/mol. The minimum absolute atomic E-state index is 0.0179. The third kappa shape index (κ3) is 4.11. The van der Waals surface area contributed by atoms with Gasteiger partial charge in [-0.3, -0.25) is 9.69 Å². The van der Waals surface area contributed by atoms with Crippen LogP contribution in [-0.2, 0) is 11.3 Å². The van der Waals surface area contributed by atoms with Crippen molar-refractivity contribution in [2.45, 2.75) is 45.3 Å². The molecule has 7 heteroatoms. The molecule has 1 saturated heterocycles. The molecule has 2 aromatic rings. The highest BCUT2D eigenvalue weighted by Gasteiger charge is 2.31. The highest BCUT2D eigenvalue weighted by atomic mass is 32.1. The molecule has 0 spiro atoms. The first-order valence-electron chi connectivity index (χ1n) is 8.74. The van der Waals surface area contributed by atoms with Crippen molar-refractivity contribution in [3.8, 4) is 0 Å². The second-order valence-corrected chi connectivity index (χ2v) is 7.65. The predicted octanol–water partition coefficient (Wildman–Crippen LogP) is 2.99. The van der Waals surface area contributed by atoms with Crippen LogP contribution in [0.5, 0.6) is 0 Å². The molecule has 138 valence electrons. The number of likely N-dealkylation sites (tertiary alicyclic amines) is 1. The van der Waals surface area contributed by atoms with Gasteiger partial charge in [0.15, 0.2) is 0 Å². The highest BCUT2D eigenvalue weighted by molar-refractivity contribution is 7.13. The molecule has 1 fully saturated rings. The van der Waals surface area contributed by atoms with E-state index in [0.29, 0.717) is 10.7 Å². The number of aromatic carboxylic acids is 1. The summed E-state index contributed by atoms with van der Waals surface area (Å²) in [7, 11) is 0. The van der Waals surface area contributed by atoms with E-state index in [9.17, 15) is 9.59 Å². The Bertz CT molecular complexity index is 791. The van der Waals surface area contributed by atoms with Gasteiger partial charge in [0.2, 0.25) is 5.91 Å². The van der Waals surface area contributed by atoms with Crippen LogP contribution in [0.25, 0.3) is 0 Å². The standard InChI is InChI=1S/C19H23N3O3S/c1-12-16(19(24)25)26-18(21-12)13(2)20-17(23)15-9-6-10-22(15)11-14-7-4-3-5-8-14/h3-5,7-8,13,15H,6,9-11H2,1-2H3,(H,20,23)(H,24,25). The molecule has 0 radical (unpaired) electrons. The molecule has 1 aromatic heterocycles. The fourth-order valence-corrected chi connectivity index (χ4v) is 4.21. The Morgan fingerprint density at radius 3 is 2.77 bits per heavy atom. The predicted molar refractivity (Wildman–Crippen MR) is 100 cm³/mol. The van der Waals surface area contributed by atoms with Crippen molar-refractivity contribution in [1.82, 2.24) is 15.2 Å². The molecular formula is C19H23N3O3S. The summed E-state index contributed by atoms with van der Waals surface area (Å²) in [6, 6.07) is 9.68. The smallest absolute Gasteiger partial charge is 0.347 e. The first-order chi connectivity index (χ1) is 12.5. The zero-order valence-electron chi connectivity index (χ0n) is 14.9. The van der Waals surface area contributed by atoms with Gasteiger partial charge >= 0.3 is 5.97 Å². The molecule has 6 nitrogen and oxygen atoms in total. The molecule has 26 heavy (non-hydrogen) atoms. The molecule has 2 unspecified atom stereocenters. The molecule has 1 amide bonds. The highest BCUT2D eigenvalue weighted by Crippen LogP contribution is 2.25. The summed E-state index contributed by atoms with van der Waals surface area (Å²) in [5, 5.41) is 12.8. The normalized spacial score (nSPS) is 18.6. The van der Waals surface area contributed by atoms with Gasteiger partial charge in [0.25, 0.3) is 0 Å². The molecule has 1 aliphatic rings. The Morgan fingerprint density at radius 1 is 1.38 bits per heavy atom. The van der Waals surface area contributed by atoms with Crippen molar-refractivity contribution in [1.29, 1.82) is 0 Å². The summed E-state index contributed by atoms with van der Waals surface area (Å²) in [5.41, 5.74) is 1.69. The van der Waals surface area contributed by atoms with Crippen LogP contribution in [0.2, 0.25) is 0 Å². The molecule has 0 saturated carbocycles. The summed E-state index contributed by atoms with van der Waals surface area (Å²) in [5.74, 6) is -0.995. The maximum absolute atomic E-state index is 12.8. The molecular weight excluding hydrogens is 350 g/mol. The number of carbonyl (C=O) groups excluding carboxylic acids is 1. The van der Waals surface area contributed by atoms with Gasteiger partial charge in [0.1, 0.15) is 9.88 Å². The third-order valence-electron chi connectivity index (χ3n) is 4.63. The Kier molecular flexibility index (Phi) is 5.68. The molecule has 2 atom stereocenters. The Labute approximate surface area is 156 Å². The number of rotatable bonds is 6. The van der Waals surface area contributed by atoms with Crippen LogP contribution in [0.3, 0.4) is 0 Å². The van der Waals surface area contributed by atoms with Gasteiger partial charge in [-0.2, -0.15) is 0 Å². The van der Waals surface area contributed by atoms with Crippen LogP contribution in [0.1, 0.15) is 51.7 Å². The zero-order valence-corrected chi connectivity index (χ0v) is 15.8. The molecule has 2 N–H and O–H groups in total. The van der Waals surface area contributed by atoms with Crippen molar-refractivity contribution < 1.29 is 14.7 Å². The van der Waals surface area contributed by atoms with Crippen LogP contribution in [0.4, 0.5) is 0 Å². The second-order valence-electron chi connectivity index (χ2n) is 6.62. The quantitative estimate of drug-likeness (QED) is 0.813. The van der Waals surface area contributed by atoms with Crippen molar-refractivity contribution in [2.75, 3.05) is 6.54 Å². The number of thiazole rings is 1. The molecule has 1 aromatic carbocycles. The maximum Gasteiger partial charge on any atom is 0.347 e. The lowest BCUT2D eigenvalue weighted by Gasteiger charge is -2.25. The summed E-state index contributed by atoms with van der Waals surface area (Å²) < 4.78 is 0. The molecule has 2 heterocycles. The lowest BCUT2D eigenvalue weighted by atomic mass is 10.1. The second kappa shape index (κ2) is 7.97. The molecule has 3 rings (SSSR count). The number of hydrogen-bond acceptors (Lipinski definition) is 5. The Balaban J connectivity index is 1.64. The maximum atomic E-state index is 12.8. The average Bonchev–Trinajstić information content (AvgIpc) is 3.22. The number of carboxylic acid groups (broad SMARTS) is 1. The van der Waals surface area contributed by atoms with Crippen molar-refractivity contribution in [3.05, 3.63) is 51.5 Å². The minimum atomic E-state index is -0.977. The van der Waals surface area contributed by atoms with Gasteiger partial charge in [-0.25, -0.2) is 9.78 Å². The van der Waals surface area contributed by atoms with Gasteiger partial charge in [-0.15, -0.1) is 11.3 Å². The number of aryl methyl sites for hydroxylation is 1. The van der Waals surface area contributed by atoms with E-state index in [4.69, 9.17) is 5.11 Å². The van der Waals surface area contributed by atoms with Crippen LogP contribution < -0.4 is 5.32 Å². The van der Waals surface area contributed by atoms with E-state index in [1.54, 1.807) is 6.92 Å². The van der Waals surface area contributed by atoms with Crippen LogP contribution in [0, 0.1) is 6.92 Å². The zero-order chi connectivity index (χ0) is 18.7. The summed E-state index contributed by atoms with van der Waals surface area (Å²) >= 11 is 1.12. The fraction of sp³-hybridized carbons (Fsp3) is 0.421. The number of carboxylic acids is 1. The summed E-state index contributed by atoms with van der Waals surface area (Å²) in [4.78, 5) is 30.7. The van der Waals surface area contributed by atoms with Gasteiger partial charge in [0.05, 0.1) is 17.8 Å². The lowest BCUT2D eigenvalue weighted by Crippen LogP contribution is -2.43. The molecule has 1 aliphatic heterocycles. The Morgan fingerprint density at radius 2 is 2.12 bits per heavy atom. The minimum Gasteiger partial charge on any atom is -0.477 e. The number of nitrogens with one attached hydrogen (secondary N) is 1. The van der Waals surface area contributed by atoms with Gasteiger partial charge in [-0.05, 0) is 38.8 Å². The van der Waals surface area contributed by atoms with E-state index in [2.05, 4.69) is 27.3 Å². The Hall–Kier alpha value is -2.25. The van der Waals surface area contributed by atoms with E-state index in [0.717, 1.165) is 37.3 Å². The van der Waals surface area contributed by atoms with E-state index < -0.39 is 5.97 Å². The van der Waals surface area contributed by atoms with Crippen molar-refractivity contribution >= 4 is 23.2 Å². The van der Waals surface area contributed by atoms with E-state index >= 15 is 0 Å². The van der Waals surface area contributed by atoms with Crippen molar-refractivity contribution in [2.24, 2.45) is 0 Å². The number of carbonyl (C=O) groups is 2. The molecule has 0 aliphatic carbocycles. The summed E-state index contributed by atoms with van der Waals surface area (Å²) in [6.45, 7) is 5.18. The van der Waals surface area contributed by atoms with Gasteiger partial charge < -0.3 is 10.4 Å². The van der Waals surface area contributed by atoms with E-state index in [1.165, 1.54) is 5.56 Å². The average molecular weight is 373 g/mol. The van der Waals surface area contributed by atoms with Crippen LogP contribution in [0.15, 0.2) is 30.3 Å². The lowest BCUT2D eigenvalue weighted by molar-refractivity contribution is -0.126. The largest absolute Gasteiger partial charge is 0.477 e. The van der Waals surface area contributed by atoms with E-state index in [1.807, 2.05) is 25.1 Å². The first kappa shape index (κ1) is 18.5. The van der Waals surface area contributed by atoms with Crippen LogP contribution in [-0.4, -0.2) is 39.5 Å². The van der Waals surface area contributed by atoms with Gasteiger partial charge in [-0.1, -0.05) is 30.3 Å². The topological polar surface area (TPSA) is 82.5 Å². The van der Waals surface area contributed by atoms with Crippen LogP contribution >= 0.6 is 11.3 Å². The first-order valence-corrected chi connectivity index (χ1v) is 9.56. The number of hydrogen-bond donors (Lipinski definition) is 2. The van der Waals surface area contributed by atoms with E-state index in [-0.39, 0.29) is 22.9 Å². The summed E-state index contributed by atoms with van der Waals surface area (Å²) in [6.07, 6.45) is 1.83. The van der Waals surface area contributed by atoms with Crippen molar-refractivity contribution in [3.63, 3.8) is 0 Å². The fourth-order valence-electron chi connectivity index (χ4n) is 3.30. The SMILES string of the molecule is Cc1nc(C(C)NC(=O)C2CCCN2Cc2ccccc2)sc1C(=O)O. The number of nitrogens with zero attached hydrogens (tertiary/aromatic N) is 2. The number of amides is 1. The molecule has 0 bridgehead atoms. The number of aromatic nitrogens is 1. The number of benzene rings is 1. The third-order valence-corrected chi connectivity index (χ3v) is 5.96.